The maximum absolute atomic E-state index is 8.69. The second-order valence-corrected chi connectivity index (χ2v) is 3.94. The Morgan fingerprint density at radius 2 is 2.17 bits per heavy atom. The summed E-state index contributed by atoms with van der Waals surface area (Å²) in [5.41, 5.74) is 1.13. The van der Waals surface area contributed by atoms with Crippen LogP contribution in [0, 0.1) is 0 Å². The molecule has 68 valence electrons. The van der Waals surface area contributed by atoms with Gasteiger partial charge in [-0.15, -0.1) is 0 Å². The number of hydrogen-bond acceptors (Lipinski definition) is 2. The van der Waals surface area contributed by atoms with Crippen molar-refractivity contribution >= 4 is 0 Å². The number of aliphatic hydroxyl groups is 1. The minimum atomic E-state index is 0.0354. The average Bonchev–Trinajstić information content (AvgIpc) is 2.35. The van der Waals surface area contributed by atoms with Crippen LogP contribution in [-0.4, -0.2) is 21.5 Å². The maximum atomic E-state index is 8.69. The predicted octanol–water partition coefficient (Wildman–Crippen LogP) is 1.17. The summed E-state index contributed by atoms with van der Waals surface area (Å²) in [6, 6.07) is 0. The normalized spacial score (nSPS) is 12.0. The summed E-state index contributed by atoms with van der Waals surface area (Å²) in [6.07, 6.45) is 4.48. The first-order chi connectivity index (χ1) is 5.54. The van der Waals surface area contributed by atoms with Crippen molar-refractivity contribution < 1.29 is 5.11 Å². The Balaban J connectivity index is 2.77. The summed E-state index contributed by atoms with van der Waals surface area (Å²) in [4.78, 5) is 0. The molecule has 0 aromatic carbocycles. The van der Waals surface area contributed by atoms with Gasteiger partial charge in [0.15, 0.2) is 0 Å². The van der Waals surface area contributed by atoms with E-state index in [2.05, 4.69) is 25.9 Å². The van der Waals surface area contributed by atoms with E-state index in [4.69, 9.17) is 5.11 Å². The molecule has 0 aliphatic heterocycles. The van der Waals surface area contributed by atoms with Crippen LogP contribution in [0.1, 0.15) is 26.3 Å². The van der Waals surface area contributed by atoms with Gasteiger partial charge in [0.2, 0.25) is 0 Å². The molecular weight excluding hydrogens is 152 g/mol. The number of rotatable bonds is 2. The zero-order valence-corrected chi connectivity index (χ0v) is 7.91. The Kier molecular flexibility index (Phi) is 2.52. The van der Waals surface area contributed by atoms with Crippen LogP contribution in [0.25, 0.3) is 0 Å². The van der Waals surface area contributed by atoms with E-state index < -0.39 is 0 Å². The van der Waals surface area contributed by atoms with Crippen LogP contribution < -0.4 is 0 Å². The summed E-state index contributed by atoms with van der Waals surface area (Å²) in [7, 11) is 0. The van der Waals surface area contributed by atoms with Crippen molar-refractivity contribution in [3.63, 3.8) is 0 Å². The quantitative estimate of drug-likeness (QED) is 0.720. The van der Waals surface area contributed by atoms with Gasteiger partial charge in [0, 0.05) is 12.8 Å². The molecule has 0 saturated carbocycles. The summed E-state index contributed by atoms with van der Waals surface area (Å²) >= 11 is 0. The molecular formula is C9H16N2O. The molecule has 0 aliphatic carbocycles. The lowest BCUT2D eigenvalue weighted by molar-refractivity contribution is 0.299. The molecule has 1 aromatic heterocycles. The van der Waals surface area contributed by atoms with Gasteiger partial charge in [0.1, 0.15) is 0 Å². The Hall–Kier alpha value is -0.830. The van der Waals surface area contributed by atoms with Gasteiger partial charge in [0.05, 0.1) is 11.7 Å². The minimum Gasteiger partial charge on any atom is -0.396 e. The zero-order valence-electron chi connectivity index (χ0n) is 7.91. The molecule has 1 aromatic rings. The Labute approximate surface area is 73.0 Å². The van der Waals surface area contributed by atoms with Gasteiger partial charge in [-0.3, -0.25) is 4.68 Å². The Bertz CT molecular complexity index is 247. The van der Waals surface area contributed by atoms with Crippen molar-refractivity contribution in [2.24, 2.45) is 0 Å². The van der Waals surface area contributed by atoms with Crippen LogP contribution in [0.3, 0.4) is 0 Å². The molecule has 0 fully saturated rings. The van der Waals surface area contributed by atoms with Crippen LogP contribution in [0.15, 0.2) is 12.4 Å². The number of hydrogen-bond donors (Lipinski definition) is 1. The van der Waals surface area contributed by atoms with Crippen molar-refractivity contribution in [2.75, 3.05) is 6.61 Å². The van der Waals surface area contributed by atoms with Gasteiger partial charge < -0.3 is 5.11 Å². The van der Waals surface area contributed by atoms with E-state index in [1.54, 1.807) is 0 Å². The first kappa shape index (κ1) is 9.26. The molecule has 0 amide bonds. The number of aliphatic hydroxyl groups excluding tert-OH is 1. The van der Waals surface area contributed by atoms with Crippen molar-refractivity contribution in [1.29, 1.82) is 0 Å². The molecule has 0 aliphatic rings. The zero-order chi connectivity index (χ0) is 9.19. The van der Waals surface area contributed by atoms with E-state index in [0.717, 1.165) is 5.56 Å². The lowest BCUT2D eigenvalue weighted by Crippen LogP contribution is -2.21. The molecule has 0 spiro atoms. The predicted molar refractivity (Wildman–Crippen MR) is 48.0 cm³/mol. The molecule has 0 radical (unpaired) electrons. The third kappa shape index (κ3) is 2.08. The van der Waals surface area contributed by atoms with Crippen LogP contribution in [0.2, 0.25) is 0 Å². The molecule has 0 saturated heterocycles. The lowest BCUT2D eigenvalue weighted by atomic mass is 10.1. The number of nitrogens with zero attached hydrogens (tertiary/aromatic N) is 2. The van der Waals surface area contributed by atoms with E-state index >= 15 is 0 Å². The summed E-state index contributed by atoms with van der Waals surface area (Å²) in [5, 5.41) is 12.9. The largest absolute Gasteiger partial charge is 0.396 e. The summed E-state index contributed by atoms with van der Waals surface area (Å²) < 4.78 is 1.91. The highest BCUT2D eigenvalue weighted by Crippen LogP contribution is 2.12. The van der Waals surface area contributed by atoms with Crippen LogP contribution in [0.4, 0.5) is 0 Å². The van der Waals surface area contributed by atoms with Gasteiger partial charge in [-0.2, -0.15) is 5.10 Å². The maximum Gasteiger partial charge on any atom is 0.0543 e. The van der Waals surface area contributed by atoms with Crippen molar-refractivity contribution in [2.45, 2.75) is 32.7 Å². The lowest BCUT2D eigenvalue weighted by Gasteiger charge is -2.18. The minimum absolute atomic E-state index is 0.0354. The third-order valence-corrected chi connectivity index (χ3v) is 1.72. The fourth-order valence-electron chi connectivity index (χ4n) is 0.985. The second kappa shape index (κ2) is 3.27. The molecule has 12 heavy (non-hydrogen) atoms. The topological polar surface area (TPSA) is 38.0 Å². The van der Waals surface area contributed by atoms with Gasteiger partial charge in [0.25, 0.3) is 0 Å². The monoisotopic (exact) mass is 168 g/mol. The fourth-order valence-corrected chi connectivity index (χ4v) is 0.985. The smallest absolute Gasteiger partial charge is 0.0543 e. The molecule has 1 heterocycles. The Morgan fingerprint density at radius 3 is 2.58 bits per heavy atom. The fraction of sp³-hybridized carbons (Fsp3) is 0.667. The highest BCUT2D eigenvalue weighted by Gasteiger charge is 2.13. The summed E-state index contributed by atoms with van der Waals surface area (Å²) in [6.45, 7) is 6.49. The van der Waals surface area contributed by atoms with Crippen molar-refractivity contribution in [1.82, 2.24) is 9.78 Å². The SMILES string of the molecule is CC(C)(C)n1cc(CCO)cn1. The van der Waals surface area contributed by atoms with E-state index in [0.29, 0.717) is 6.42 Å². The number of aromatic nitrogens is 2. The van der Waals surface area contributed by atoms with Crippen LogP contribution in [0.5, 0.6) is 0 Å². The highest BCUT2D eigenvalue weighted by atomic mass is 16.2. The van der Waals surface area contributed by atoms with E-state index in [-0.39, 0.29) is 12.1 Å². The second-order valence-electron chi connectivity index (χ2n) is 3.94. The van der Waals surface area contributed by atoms with Gasteiger partial charge in [-0.1, -0.05) is 0 Å². The van der Waals surface area contributed by atoms with E-state index in [1.165, 1.54) is 0 Å². The molecule has 3 heteroatoms. The molecule has 0 unspecified atom stereocenters. The third-order valence-electron chi connectivity index (χ3n) is 1.72. The molecule has 0 bridgehead atoms. The molecule has 3 nitrogen and oxygen atoms in total. The molecule has 0 atom stereocenters. The van der Waals surface area contributed by atoms with E-state index in [1.807, 2.05) is 17.1 Å². The molecule has 1 rings (SSSR count). The van der Waals surface area contributed by atoms with Crippen LogP contribution in [-0.2, 0) is 12.0 Å². The van der Waals surface area contributed by atoms with Gasteiger partial charge in [-0.05, 0) is 32.8 Å². The standard InChI is InChI=1S/C9H16N2O/c1-9(2,3)11-7-8(4-5-12)6-10-11/h6-7,12H,4-5H2,1-3H3. The highest BCUT2D eigenvalue weighted by molar-refractivity contribution is 5.05. The van der Waals surface area contributed by atoms with Crippen molar-refractivity contribution in [3.8, 4) is 0 Å². The van der Waals surface area contributed by atoms with E-state index in [9.17, 15) is 0 Å². The molecule has 1 N–H and O–H groups in total. The average molecular weight is 168 g/mol. The van der Waals surface area contributed by atoms with Gasteiger partial charge >= 0.3 is 0 Å². The first-order valence-electron chi connectivity index (χ1n) is 4.19. The summed E-state index contributed by atoms with van der Waals surface area (Å²) in [5.74, 6) is 0. The van der Waals surface area contributed by atoms with Crippen molar-refractivity contribution in [3.05, 3.63) is 18.0 Å². The van der Waals surface area contributed by atoms with Gasteiger partial charge in [-0.25, -0.2) is 0 Å². The Morgan fingerprint density at radius 1 is 1.50 bits per heavy atom. The van der Waals surface area contributed by atoms with Crippen LogP contribution >= 0.6 is 0 Å². The first-order valence-corrected chi connectivity index (χ1v) is 4.19.